The Balaban J connectivity index is 2.89. The molecular weight excluding hydrogens is 315 g/mol. The molecule has 7 heteroatoms. The molecule has 1 N–H and O–H groups in total. The lowest BCUT2D eigenvalue weighted by molar-refractivity contribution is -0.137. The van der Waals surface area contributed by atoms with Crippen molar-refractivity contribution in [3.8, 4) is 0 Å². The van der Waals surface area contributed by atoms with Crippen molar-refractivity contribution in [2.24, 2.45) is 0 Å². The third kappa shape index (κ3) is 4.06. The minimum Gasteiger partial charge on any atom is -0.466 e. The van der Waals surface area contributed by atoms with Crippen LogP contribution < -0.4 is 5.32 Å². The number of hydrogen-bond acceptors (Lipinski definition) is 3. The van der Waals surface area contributed by atoms with Crippen LogP contribution in [0.4, 0.5) is 18.9 Å². The fourth-order valence-electron chi connectivity index (χ4n) is 1.08. The predicted octanol–water partition coefficient (Wildman–Crippen LogP) is 3.57. The number of rotatable bonds is 3. The Morgan fingerprint density at radius 2 is 2.11 bits per heavy atom. The average molecular weight is 324 g/mol. The average Bonchev–Trinajstić information content (AvgIpc) is 2.29. The topological polar surface area (TPSA) is 38.3 Å². The zero-order chi connectivity index (χ0) is 13.8. The number of halogens is 4. The molecule has 0 saturated carbocycles. The summed E-state index contributed by atoms with van der Waals surface area (Å²) in [7, 11) is 1.20. The summed E-state index contributed by atoms with van der Waals surface area (Å²) in [6, 6.07) is 3.17. The SMILES string of the molecule is COC(=O)/C=C/Nc1cc(C(F)(F)F)ccc1Br. The van der Waals surface area contributed by atoms with E-state index < -0.39 is 17.7 Å². The summed E-state index contributed by atoms with van der Waals surface area (Å²) in [5.74, 6) is -0.606. The van der Waals surface area contributed by atoms with Crippen molar-refractivity contribution in [3.63, 3.8) is 0 Å². The Kier molecular flexibility index (Phi) is 4.77. The molecule has 0 spiro atoms. The van der Waals surface area contributed by atoms with Crippen molar-refractivity contribution >= 4 is 27.6 Å². The Bertz CT molecular complexity index is 472. The van der Waals surface area contributed by atoms with Gasteiger partial charge >= 0.3 is 12.1 Å². The normalized spacial score (nSPS) is 11.6. The minimum absolute atomic E-state index is 0.199. The van der Waals surface area contributed by atoms with Crippen LogP contribution in [0.1, 0.15) is 5.56 Å². The standard InChI is InChI=1S/C11H9BrF3NO2/c1-18-10(17)4-5-16-9-6-7(11(13,14)15)2-3-8(9)12/h2-6,16H,1H3/b5-4+. The molecule has 0 unspecified atom stereocenters. The maximum Gasteiger partial charge on any atom is 0.416 e. The summed E-state index contributed by atoms with van der Waals surface area (Å²) >= 11 is 3.10. The second kappa shape index (κ2) is 5.90. The van der Waals surface area contributed by atoms with Gasteiger partial charge in [0.25, 0.3) is 0 Å². The summed E-state index contributed by atoms with van der Waals surface area (Å²) in [5.41, 5.74) is -0.579. The van der Waals surface area contributed by atoms with Gasteiger partial charge in [0.2, 0.25) is 0 Å². The van der Waals surface area contributed by atoms with Crippen LogP contribution in [0, 0.1) is 0 Å². The molecule has 0 heterocycles. The molecule has 0 aromatic heterocycles. The van der Waals surface area contributed by atoms with E-state index in [1.54, 1.807) is 0 Å². The van der Waals surface area contributed by atoms with Crippen molar-refractivity contribution < 1.29 is 22.7 Å². The monoisotopic (exact) mass is 323 g/mol. The Labute approximate surface area is 110 Å². The van der Waals surface area contributed by atoms with E-state index in [9.17, 15) is 18.0 Å². The van der Waals surface area contributed by atoms with Gasteiger partial charge in [-0.15, -0.1) is 0 Å². The first kappa shape index (κ1) is 14.6. The van der Waals surface area contributed by atoms with Gasteiger partial charge in [0.15, 0.2) is 0 Å². The highest BCUT2D eigenvalue weighted by atomic mass is 79.9. The number of methoxy groups -OCH3 is 1. The van der Waals surface area contributed by atoms with Crippen molar-refractivity contribution in [1.29, 1.82) is 0 Å². The van der Waals surface area contributed by atoms with Gasteiger partial charge < -0.3 is 10.1 Å². The van der Waals surface area contributed by atoms with Crippen LogP contribution in [-0.2, 0) is 15.7 Å². The van der Waals surface area contributed by atoms with Gasteiger partial charge in [0.1, 0.15) is 0 Å². The molecule has 0 amide bonds. The first-order valence-electron chi connectivity index (χ1n) is 4.72. The zero-order valence-electron chi connectivity index (χ0n) is 9.22. The van der Waals surface area contributed by atoms with Crippen LogP contribution in [0.3, 0.4) is 0 Å². The van der Waals surface area contributed by atoms with Gasteiger partial charge in [-0.2, -0.15) is 13.2 Å². The van der Waals surface area contributed by atoms with Crippen molar-refractivity contribution in [3.05, 3.63) is 40.5 Å². The first-order chi connectivity index (χ1) is 8.34. The molecule has 0 aliphatic rings. The van der Waals surface area contributed by atoms with E-state index in [1.165, 1.54) is 19.4 Å². The minimum atomic E-state index is -4.41. The van der Waals surface area contributed by atoms with Crippen molar-refractivity contribution in [1.82, 2.24) is 0 Å². The number of ether oxygens (including phenoxy) is 1. The molecule has 0 fully saturated rings. The first-order valence-corrected chi connectivity index (χ1v) is 5.51. The number of esters is 1. The molecule has 1 rings (SSSR count). The third-order valence-corrected chi connectivity index (χ3v) is 2.64. The van der Waals surface area contributed by atoms with E-state index in [-0.39, 0.29) is 5.69 Å². The van der Waals surface area contributed by atoms with E-state index in [4.69, 9.17) is 0 Å². The van der Waals surface area contributed by atoms with Crippen LogP contribution in [0.15, 0.2) is 34.9 Å². The summed E-state index contributed by atoms with van der Waals surface area (Å²) in [4.78, 5) is 10.8. The molecule has 0 saturated heterocycles. The lowest BCUT2D eigenvalue weighted by atomic mass is 10.2. The maximum atomic E-state index is 12.5. The molecule has 1 aromatic rings. The van der Waals surface area contributed by atoms with Gasteiger partial charge in [0.05, 0.1) is 18.4 Å². The third-order valence-electron chi connectivity index (χ3n) is 1.95. The van der Waals surface area contributed by atoms with E-state index in [2.05, 4.69) is 26.0 Å². The van der Waals surface area contributed by atoms with Crippen LogP contribution >= 0.6 is 15.9 Å². The number of alkyl halides is 3. The van der Waals surface area contributed by atoms with Gasteiger partial charge in [-0.05, 0) is 34.1 Å². The molecule has 3 nitrogen and oxygen atoms in total. The van der Waals surface area contributed by atoms with Crippen LogP contribution in [0.5, 0.6) is 0 Å². The smallest absolute Gasteiger partial charge is 0.416 e. The highest BCUT2D eigenvalue weighted by Crippen LogP contribution is 2.33. The molecule has 18 heavy (non-hydrogen) atoms. The van der Waals surface area contributed by atoms with Crippen LogP contribution in [0.2, 0.25) is 0 Å². The van der Waals surface area contributed by atoms with Crippen LogP contribution in [0.25, 0.3) is 0 Å². The maximum absolute atomic E-state index is 12.5. The molecule has 0 bridgehead atoms. The fraction of sp³-hybridized carbons (Fsp3) is 0.182. The highest BCUT2D eigenvalue weighted by molar-refractivity contribution is 9.10. The lowest BCUT2D eigenvalue weighted by Crippen LogP contribution is -2.05. The van der Waals surface area contributed by atoms with Gasteiger partial charge in [-0.3, -0.25) is 0 Å². The van der Waals surface area contributed by atoms with Gasteiger partial charge in [-0.25, -0.2) is 4.79 Å². The second-order valence-corrected chi connectivity index (χ2v) is 4.05. The Hall–Kier alpha value is -1.50. The number of hydrogen-bond donors (Lipinski definition) is 1. The molecule has 1 aromatic carbocycles. The number of benzene rings is 1. The van der Waals surface area contributed by atoms with E-state index in [1.807, 2.05) is 0 Å². The largest absolute Gasteiger partial charge is 0.466 e. The predicted molar refractivity (Wildman–Crippen MR) is 63.9 cm³/mol. The summed E-state index contributed by atoms with van der Waals surface area (Å²) in [6.45, 7) is 0. The zero-order valence-corrected chi connectivity index (χ0v) is 10.8. The Morgan fingerprint density at radius 1 is 1.44 bits per heavy atom. The molecular formula is C11H9BrF3NO2. The summed E-state index contributed by atoms with van der Waals surface area (Å²) in [5, 5.41) is 2.56. The lowest BCUT2D eigenvalue weighted by Gasteiger charge is -2.10. The number of carbonyl (C=O) groups is 1. The summed E-state index contributed by atoms with van der Waals surface area (Å²) in [6.07, 6.45) is -2.15. The van der Waals surface area contributed by atoms with Gasteiger partial charge in [-0.1, -0.05) is 0 Å². The second-order valence-electron chi connectivity index (χ2n) is 3.19. The number of nitrogens with one attached hydrogen (secondary N) is 1. The van der Waals surface area contributed by atoms with E-state index in [0.717, 1.165) is 18.2 Å². The van der Waals surface area contributed by atoms with Gasteiger partial charge in [0, 0.05) is 16.7 Å². The molecule has 0 aliphatic heterocycles. The van der Waals surface area contributed by atoms with Crippen molar-refractivity contribution in [2.75, 3.05) is 12.4 Å². The van der Waals surface area contributed by atoms with E-state index in [0.29, 0.717) is 4.47 Å². The Morgan fingerprint density at radius 3 is 2.67 bits per heavy atom. The molecule has 0 atom stereocenters. The highest BCUT2D eigenvalue weighted by Gasteiger charge is 2.30. The number of carbonyl (C=O) groups excluding carboxylic acids is 1. The summed E-state index contributed by atoms with van der Waals surface area (Å²) < 4.78 is 42.2. The van der Waals surface area contributed by atoms with Crippen LogP contribution in [-0.4, -0.2) is 13.1 Å². The number of anilines is 1. The van der Waals surface area contributed by atoms with Crippen molar-refractivity contribution in [2.45, 2.75) is 6.18 Å². The molecule has 0 aliphatic carbocycles. The fourth-order valence-corrected chi connectivity index (χ4v) is 1.44. The quantitative estimate of drug-likeness (QED) is 0.682. The van der Waals surface area contributed by atoms with E-state index >= 15 is 0 Å². The molecule has 0 radical (unpaired) electrons. The molecule has 98 valence electrons.